The molecule has 5 nitrogen and oxygen atoms in total. The van der Waals surface area contributed by atoms with Gasteiger partial charge in [-0.05, 0) is 36.8 Å². The van der Waals surface area contributed by atoms with Crippen LogP contribution in [0.4, 0.5) is 5.95 Å². The highest BCUT2D eigenvalue weighted by Crippen LogP contribution is 2.48. The largest absolute Gasteiger partial charge is 0.395 e. The summed E-state index contributed by atoms with van der Waals surface area (Å²) in [5.74, 6) is 0.557. The molecule has 0 radical (unpaired) electrons. The third kappa shape index (κ3) is 3.75. The number of aromatic nitrogens is 2. The van der Waals surface area contributed by atoms with Gasteiger partial charge in [0.25, 0.3) is 5.56 Å². The van der Waals surface area contributed by atoms with Crippen molar-refractivity contribution in [3.63, 3.8) is 0 Å². The molecular formula is C27H31N3O2. The lowest BCUT2D eigenvalue weighted by molar-refractivity contribution is 0.283. The van der Waals surface area contributed by atoms with Crippen LogP contribution in [0.5, 0.6) is 0 Å². The molecule has 32 heavy (non-hydrogen) atoms. The van der Waals surface area contributed by atoms with Crippen LogP contribution in [0.25, 0.3) is 11.3 Å². The quantitative estimate of drug-likeness (QED) is 0.613. The van der Waals surface area contributed by atoms with Crippen molar-refractivity contribution in [3.8, 4) is 11.3 Å². The number of aryl methyl sites for hydroxylation is 1. The van der Waals surface area contributed by atoms with Crippen LogP contribution in [0, 0.1) is 0 Å². The standard InChI is InChI=1S/C27H31N3O2/c31-18-16-28-26-29-24-22-12-6-5-11-21(22)19-27(14-7-2-8-15-27)23(24)25(32)30(26)17-13-20-9-3-1-4-10-20/h1,3-6,9-12,31H,2,7-8,13-19H2,(H,28,29). The normalized spacial score (nSPS) is 16.4. The molecule has 1 heterocycles. The zero-order chi connectivity index (χ0) is 22.0. The van der Waals surface area contributed by atoms with Crippen LogP contribution in [0.2, 0.25) is 0 Å². The minimum atomic E-state index is -0.115. The lowest BCUT2D eigenvalue weighted by Gasteiger charge is -2.42. The number of rotatable bonds is 6. The van der Waals surface area contributed by atoms with Gasteiger partial charge in [-0.2, -0.15) is 0 Å². The molecule has 3 aromatic rings. The molecule has 0 aliphatic heterocycles. The van der Waals surface area contributed by atoms with Gasteiger partial charge in [-0.1, -0.05) is 73.9 Å². The van der Waals surface area contributed by atoms with E-state index in [1.54, 1.807) is 0 Å². The van der Waals surface area contributed by atoms with Crippen molar-refractivity contribution < 1.29 is 5.11 Å². The van der Waals surface area contributed by atoms with Crippen LogP contribution in [0.1, 0.15) is 48.8 Å². The summed E-state index contributed by atoms with van der Waals surface area (Å²) in [5, 5.41) is 12.6. The highest BCUT2D eigenvalue weighted by atomic mass is 16.3. The Morgan fingerprint density at radius 1 is 1.00 bits per heavy atom. The maximum absolute atomic E-state index is 14.1. The van der Waals surface area contributed by atoms with E-state index in [2.05, 4.69) is 35.6 Å². The number of hydrogen-bond donors (Lipinski definition) is 2. The van der Waals surface area contributed by atoms with Gasteiger partial charge >= 0.3 is 0 Å². The predicted octanol–water partition coefficient (Wildman–Crippen LogP) is 4.32. The molecule has 1 aromatic heterocycles. The Hall–Kier alpha value is -2.92. The highest BCUT2D eigenvalue weighted by molar-refractivity contribution is 5.72. The third-order valence-corrected chi connectivity index (χ3v) is 7.17. The monoisotopic (exact) mass is 429 g/mol. The molecule has 0 amide bonds. The van der Waals surface area contributed by atoms with Crippen LogP contribution in [-0.4, -0.2) is 27.8 Å². The summed E-state index contributed by atoms with van der Waals surface area (Å²) in [6, 6.07) is 18.7. The molecule has 5 heteroatoms. The summed E-state index contributed by atoms with van der Waals surface area (Å²) < 4.78 is 1.81. The molecular weight excluding hydrogens is 398 g/mol. The fraction of sp³-hybridized carbons (Fsp3) is 0.407. The van der Waals surface area contributed by atoms with Crippen LogP contribution < -0.4 is 10.9 Å². The summed E-state index contributed by atoms with van der Waals surface area (Å²) in [7, 11) is 0. The minimum Gasteiger partial charge on any atom is -0.395 e. The zero-order valence-electron chi connectivity index (χ0n) is 18.5. The Labute approximate surface area is 189 Å². The van der Waals surface area contributed by atoms with Crippen molar-refractivity contribution in [2.24, 2.45) is 0 Å². The van der Waals surface area contributed by atoms with Crippen LogP contribution in [0.15, 0.2) is 59.4 Å². The smallest absolute Gasteiger partial charge is 0.259 e. The first-order valence-corrected chi connectivity index (χ1v) is 11.8. The molecule has 1 spiro atoms. The Morgan fingerprint density at radius 3 is 2.53 bits per heavy atom. The maximum atomic E-state index is 14.1. The van der Waals surface area contributed by atoms with E-state index in [4.69, 9.17) is 4.98 Å². The molecule has 0 bridgehead atoms. The Morgan fingerprint density at radius 2 is 1.75 bits per heavy atom. The first-order chi connectivity index (χ1) is 15.7. The summed E-state index contributed by atoms with van der Waals surface area (Å²) >= 11 is 0. The van der Waals surface area contributed by atoms with Gasteiger partial charge in [0.2, 0.25) is 5.95 Å². The molecule has 5 rings (SSSR count). The number of benzene rings is 2. The van der Waals surface area contributed by atoms with E-state index in [0.717, 1.165) is 55.3 Å². The second kappa shape index (κ2) is 8.91. The van der Waals surface area contributed by atoms with Crippen molar-refractivity contribution >= 4 is 5.95 Å². The topological polar surface area (TPSA) is 67.2 Å². The van der Waals surface area contributed by atoms with E-state index < -0.39 is 0 Å². The number of aliphatic hydroxyl groups is 1. The molecule has 0 saturated heterocycles. The lowest BCUT2D eigenvalue weighted by Crippen LogP contribution is -2.43. The lowest BCUT2D eigenvalue weighted by atomic mass is 9.62. The number of hydrogen-bond acceptors (Lipinski definition) is 4. The Kier molecular flexibility index (Phi) is 5.83. The number of anilines is 1. The molecule has 2 aliphatic rings. The van der Waals surface area contributed by atoms with Crippen LogP contribution in [-0.2, 0) is 24.8 Å². The Bertz CT molecular complexity index is 1150. The molecule has 0 unspecified atom stereocenters. The first kappa shape index (κ1) is 21.0. The first-order valence-electron chi connectivity index (χ1n) is 11.8. The molecule has 2 aromatic carbocycles. The van der Waals surface area contributed by atoms with Crippen molar-refractivity contribution in [3.05, 3.63) is 81.6 Å². The van der Waals surface area contributed by atoms with E-state index in [1.165, 1.54) is 17.5 Å². The SMILES string of the molecule is O=c1c2c(nc(NCCO)n1CCc1ccccc1)-c1ccccc1CC21CCCCC1. The average molecular weight is 430 g/mol. The predicted molar refractivity (Wildman–Crippen MR) is 128 cm³/mol. The zero-order valence-corrected chi connectivity index (χ0v) is 18.5. The molecule has 1 fully saturated rings. The van der Waals surface area contributed by atoms with E-state index in [-0.39, 0.29) is 17.6 Å². The van der Waals surface area contributed by atoms with Crippen molar-refractivity contribution in [2.45, 2.75) is 56.9 Å². The molecule has 2 N–H and O–H groups in total. The van der Waals surface area contributed by atoms with E-state index >= 15 is 0 Å². The molecule has 166 valence electrons. The molecule has 0 atom stereocenters. The second-order valence-corrected chi connectivity index (χ2v) is 9.18. The number of aliphatic hydroxyl groups excluding tert-OH is 1. The molecule has 2 aliphatic carbocycles. The third-order valence-electron chi connectivity index (χ3n) is 7.17. The van der Waals surface area contributed by atoms with Crippen molar-refractivity contribution in [2.75, 3.05) is 18.5 Å². The van der Waals surface area contributed by atoms with Gasteiger partial charge in [0.1, 0.15) is 0 Å². The van der Waals surface area contributed by atoms with Gasteiger partial charge in [-0.3, -0.25) is 9.36 Å². The van der Waals surface area contributed by atoms with Gasteiger partial charge in [0.05, 0.1) is 17.9 Å². The molecule has 1 saturated carbocycles. The maximum Gasteiger partial charge on any atom is 0.259 e. The van der Waals surface area contributed by atoms with E-state index in [1.807, 2.05) is 28.8 Å². The van der Waals surface area contributed by atoms with Gasteiger partial charge in [-0.15, -0.1) is 0 Å². The Balaban J connectivity index is 1.66. The van der Waals surface area contributed by atoms with E-state index in [9.17, 15) is 9.90 Å². The number of nitrogens with one attached hydrogen (secondary N) is 1. The summed E-state index contributed by atoms with van der Waals surface area (Å²) in [6.45, 7) is 0.921. The van der Waals surface area contributed by atoms with E-state index in [0.29, 0.717) is 19.0 Å². The number of nitrogens with zero attached hydrogens (tertiary/aromatic N) is 2. The summed E-state index contributed by atoms with van der Waals surface area (Å²) in [6.07, 6.45) is 7.35. The second-order valence-electron chi connectivity index (χ2n) is 9.18. The summed E-state index contributed by atoms with van der Waals surface area (Å²) in [5.41, 5.74) is 5.30. The van der Waals surface area contributed by atoms with Gasteiger partial charge < -0.3 is 10.4 Å². The average Bonchev–Trinajstić information content (AvgIpc) is 2.83. The van der Waals surface area contributed by atoms with Gasteiger partial charge in [0, 0.05) is 24.1 Å². The van der Waals surface area contributed by atoms with Crippen LogP contribution >= 0.6 is 0 Å². The highest BCUT2D eigenvalue weighted by Gasteiger charge is 2.43. The summed E-state index contributed by atoms with van der Waals surface area (Å²) in [4.78, 5) is 19.2. The van der Waals surface area contributed by atoms with Gasteiger partial charge in [-0.25, -0.2) is 4.98 Å². The van der Waals surface area contributed by atoms with Crippen LogP contribution in [0.3, 0.4) is 0 Å². The van der Waals surface area contributed by atoms with Gasteiger partial charge in [0.15, 0.2) is 0 Å². The van der Waals surface area contributed by atoms with Crippen molar-refractivity contribution in [1.29, 1.82) is 0 Å². The fourth-order valence-electron chi connectivity index (χ4n) is 5.64. The fourth-order valence-corrected chi connectivity index (χ4v) is 5.64. The number of fused-ring (bicyclic) bond motifs is 4. The van der Waals surface area contributed by atoms with Crippen molar-refractivity contribution in [1.82, 2.24) is 9.55 Å². The minimum absolute atomic E-state index is 0.00777.